The van der Waals surface area contributed by atoms with Gasteiger partial charge in [-0.15, -0.1) is 6.58 Å². The molecule has 1 aliphatic carbocycles. The molecule has 0 aromatic heterocycles. The summed E-state index contributed by atoms with van der Waals surface area (Å²) in [7, 11) is 0. The molecule has 1 aromatic carbocycles. The molecule has 0 atom stereocenters. The summed E-state index contributed by atoms with van der Waals surface area (Å²) in [5, 5.41) is 9.33. The van der Waals surface area contributed by atoms with Crippen LogP contribution in [0.4, 0.5) is 10.5 Å². The summed E-state index contributed by atoms with van der Waals surface area (Å²) in [6, 6.07) is 8.22. The smallest absolute Gasteiger partial charge is 0.411 e. The zero-order valence-electron chi connectivity index (χ0n) is 15.6. The first-order valence-electron chi connectivity index (χ1n) is 9.87. The minimum absolute atomic E-state index is 0.547. The molecule has 25 heavy (non-hydrogen) atoms. The van der Waals surface area contributed by atoms with Gasteiger partial charge in [-0.1, -0.05) is 38.0 Å². The highest BCUT2D eigenvalue weighted by Crippen LogP contribution is 2.38. The number of benzene rings is 1. The predicted molar refractivity (Wildman–Crippen MR) is 105 cm³/mol. The number of allylic oxidation sites excluding steroid dienone is 1. The van der Waals surface area contributed by atoms with Crippen LogP contribution in [0.3, 0.4) is 0 Å². The first kappa shape index (κ1) is 19.6. The fourth-order valence-electron chi connectivity index (χ4n) is 3.99. The number of amides is 1. The van der Waals surface area contributed by atoms with Gasteiger partial charge < -0.3 is 5.11 Å². The van der Waals surface area contributed by atoms with Crippen LogP contribution < -0.4 is 4.90 Å². The van der Waals surface area contributed by atoms with Gasteiger partial charge in [-0.2, -0.15) is 0 Å². The van der Waals surface area contributed by atoms with E-state index < -0.39 is 6.09 Å². The molecule has 1 aromatic rings. The third-order valence-corrected chi connectivity index (χ3v) is 5.47. The minimum atomic E-state index is -0.869. The molecule has 1 fully saturated rings. The Balaban J connectivity index is 1.85. The van der Waals surface area contributed by atoms with Crippen molar-refractivity contribution in [1.82, 2.24) is 0 Å². The van der Waals surface area contributed by atoms with Crippen molar-refractivity contribution in [2.24, 2.45) is 5.92 Å². The van der Waals surface area contributed by atoms with Crippen LogP contribution in [-0.4, -0.2) is 17.7 Å². The molecule has 3 nitrogen and oxygen atoms in total. The summed E-state index contributed by atoms with van der Waals surface area (Å²) in [4.78, 5) is 12.8. The van der Waals surface area contributed by atoms with E-state index in [1.165, 1.54) is 55.4 Å². The number of carbonyl (C=O) groups is 1. The number of nitrogens with zero attached hydrogens (tertiary/aromatic N) is 1. The van der Waals surface area contributed by atoms with Crippen LogP contribution in [0.1, 0.15) is 76.2 Å². The number of carboxylic acid groups (broad SMARTS) is 1. The summed E-state index contributed by atoms with van der Waals surface area (Å²) in [6.45, 7) is 6.34. The maximum atomic E-state index is 11.4. The fraction of sp³-hybridized carbons (Fsp3) is 0.591. The van der Waals surface area contributed by atoms with Gasteiger partial charge in [-0.05, 0) is 74.5 Å². The quantitative estimate of drug-likeness (QED) is 0.405. The normalized spacial score (nSPS) is 20.2. The van der Waals surface area contributed by atoms with Gasteiger partial charge in [-0.3, -0.25) is 4.90 Å². The molecule has 0 aliphatic heterocycles. The Kier molecular flexibility index (Phi) is 8.03. The molecule has 1 N–H and O–H groups in total. The predicted octanol–water partition coefficient (Wildman–Crippen LogP) is 6.60. The molecule has 1 aliphatic rings. The molecule has 3 heteroatoms. The number of unbranched alkanes of at least 4 members (excludes halogenated alkanes) is 2. The highest BCUT2D eigenvalue weighted by molar-refractivity contribution is 5.85. The molecular formula is C22H33NO2. The van der Waals surface area contributed by atoms with E-state index in [0.717, 1.165) is 24.4 Å². The molecule has 0 radical (unpaired) electrons. The van der Waals surface area contributed by atoms with E-state index in [0.29, 0.717) is 12.5 Å². The van der Waals surface area contributed by atoms with Gasteiger partial charge in [0.15, 0.2) is 0 Å². The average Bonchev–Trinajstić information content (AvgIpc) is 2.64. The molecule has 0 heterocycles. The lowest BCUT2D eigenvalue weighted by molar-refractivity contribution is 0.202. The standard InChI is InChI=1S/C22H33NO2/c1-3-5-6-7-8-18-9-11-19(12-10-18)20-13-15-21(16-14-20)23(17-4-2)22(24)25/h3,13-16,18-19H,1,4-12,17H2,2H3,(H,24,25). The Bertz CT molecular complexity index is 529. The Morgan fingerprint density at radius 2 is 1.88 bits per heavy atom. The lowest BCUT2D eigenvalue weighted by atomic mass is 9.77. The molecule has 138 valence electrons. The first-order valence-corrected chi connectivity index (χ1v) is 9.87. The van der Waals surface area contributed by atoms with Gasteiger partial charge in [0.05, 0.1) is 0 Å². The Morgan fingerprint density at radius 3 is 2.44 bits per heavy atom. The minimum Gasteiger partial charge on any atom is -0.465 e. The third-order valence-electron chi connectivity index (χ3n) is 5.47. The molecule has 2 rings (SSSR count). The zero-order valence-corrected chi connectivity index (χ0v) is 15.6. The number of anilines is 1. The second kappa shape index (κ2) is 10.3. The van der Waals surface area contributed by atoms with Crippen molar-refractivity contribution >= 4 is 11.8 Å². The highest BCUT2D eigenvalue weighted by atomic mass is 16.4. The third kappa shape index (κ3) is 5.91. The summed E-state index contributed by atoms with van der Waals surface area (Å²) in [5.74, 6) is 1.54. The van der Waals surface area contributed by atoms with Gasteiger partial charge in [0, 0.05) is 12.2 Å². The van der Waals surface area contributed by atoms with E-state index in [1.54, 1.807) is 0 Å². The highest BCUT2D eigenvalue weighted by Gasteiger charge is 2.22. The van der Waals surface area contributed by atoms with E-state index in [2.05, 4.69) is 18.7 Å². The molecule has 0 unspecified atom stereocenters. The van der Waals surface area contributed by atoms with Crippen molar-refractivity contribution in [3.63, 3.8) is 0 Å². The molecule has 1 amide bonds. The van der Waals surface area contributed by atoms with Crippen LogP contribution in [0.25, 0.3) is 0 Å². The maximum Gasteiger partial charge on any atom is 0.411 e. The van der Waals surface area contributed by atoms with Gasteiger partial charge >= 0.3 is 6.09 Å². The average molecular weight is 344 g/mol. The van der Waals surface area contributed by atoms with E-state index in [4.69, 9.17) is 0 Å². The lowest BCUT2D eigenvalue weighted by Gasteiger charge is -2.29. The van der Waals surface area contributed by atoms with Crippen LogP contribution in [0.15, 0.2) is 36.9 Å². The van der Waals surface area contributed by atoms with Crippen LogP contribution in [-0.2, 0) is 0 Å². The summed E-state index contributed by atoms with van der Waals surface area (Å²) in [5.41, 5.74) is 2.16. The molecule has 0 saturated heterocycles. The summed E-state index contributed by atoms with van der Waals surface area (Å²) >= 11 is 0. The van der Waals surface area contributed by atoms with Gasteiger partial charge in [0.25, 0.3) is 0 Å². The van der Waals surface area contributed by atoms with Crippen LogP contribution in [0, 0.1) is 5.92 Å². The molecular weight excluding hydrogens is 310 g/mol. The van der Waals surface area contributed by atoms with Crippen LogP contribution in [0.5, 0.6) is 0 Å². The van der Waals surface area contributed by atoms with Crippen molar-refractivity contribution in [3.8, 4) is 0 Å². The van der Waals surface area contributed by atoms with E-state index in [-0.39, 0.29) is 0 Å². The molecule has 0 bridgehead atoms. The van der Waals surface area contributed by atoms with E-state index in [1.807, 2.05) is 25.1 Å². The van der Waals surface area contributed by atoms with E-state index in [9.17, 15) is 9.90 Å². The summed E-state index contributed by atoms with van der Waals surface area (Å²) in [6.07, 6.45) is 12.3. The van der Waals surface area contributed by atoms with Crippen molar-refractivity contribution in [1.29, 1.82) is 0 Å². The second-order valence-corrected chi connectivity index (χ2v) is 7.32. The van der Waals surface area contributed by atoms with Gasteiger partial charge in [-0.25, -0.2) is 4.79 Å². The Morgan fingerprint density at radius 1 is 1.20 bits per heavy atom. The molecule has 1 saturated carbocycles. The van der Waals surface area contributed by atoms with Gasteiger partial charge in [0.2, 0.25) is 0 Å². The number of hydrogen-bond acceptors (Lipinski definition) is 1. The van der Waals surface area contributed by atoms with Crippen molar-refractivity contribution < 1.29 is 9.90 Å². The first-order chi connectivity index (χ1) is 12.2. The van der Waals surface area contributed by atoms with Crippen LogP contribution in [0.2, 0.25) is 0 Å². The van der Waals surface area contributed by atoms with E-state index >= 15 is 0 Å². The van der Waals surface area contributed by atoms with Crippen molar-refractivity contribution in [2.75, 3.05) is 11.4 Å². The largest absolute Gasteiger partial charge is 0.465 e. The number of rotatable bonds is 9. The fourth-order valence-corrected chi connectivity index (χ4v) is 3.99. The van der Waals surface area contributed by atoms with Crippen LogP contribution >= 0.6 is 0 Å². The summed E-state index contributed by atoms with van der Waals surface area (Å²) < 4.78 is 0. The number of hydrogen-bond donors (Lipinski definition) is 1. The Hall–Kier alpha value is -1.77. The van der Waals surface area contributed by atoms with Crippen molar-refractivity contribution in [2.45, 2.75) is 70.6 Å². The SMILES string of the molecule is C=CCCCCC1CCC(c2ccc(N(CCC)C(=O)O)cc2)CC1. The maximum absolute atomic E-state index is 11.4. The lowest BCUT2D eigenvalue weighted by Crippen LogP contribution is -2.29. The second-order valence-electron chi connectivity index (χ2n) is 7.32. The van der Waals surface area contributed by atoms with Crippen molar-refractivity contribution in [3.05, 3.63) is 42.5 Å². The zero-order chi connectivity index (χ0) is 18.1. The molecule has 0 spiro atoms. The monoisotopic (exact) mass is 343 g/mol. The van der Waals surface area contributed by atoms with Gasteiger partial charge in [0.1, 0.15) is 0 Å². The topological polar surface area (TPSA) is 40.5 Å². The Labute approximate surface area is 152 Å².